The highest BCUT2D eigenvalue weighted by Gasteiger charge is 2.25. The van der Waals surface area contributed by atoms with E-state index < -0.39 is 24.3 Å². The highest BCUT2D eigenvalue weighted by Crippen LogP contribution is 2.11. The van der Waals surface area contributed by atoms with E-state index in [2.05, 4.69) is 123 Å². The van der Waals surface area contributed by atoms with Gasteiger partial charge in [0, 0.05) is 12.8 Å². The summed E-state index contributed by atoms with van der Waals surface area (Å²) in [6, 6.07) is 0. The van der Waals surface area contributed by atoms with Crippen molar-refractivity contribution in [3.8, 4) is 0 Å². The first-order chi connectivity index (χ1) is 30.6. The molecule has 0 aliphatic rings. The number of carboxylic acids is 1. The molecule has 0 fully saturated rings. The van der Waals surface area contributed by atoms with E-state index in [-0.39, 0.29) is 38.6 Å². The van der Waals surface area contributed by atoms with Gasteiger partial charge in [0.2, 0.25) is 0 Å². The lowest BCUT2D eigenvalue weighted by Gasteiger charge is -2.25. The molecular formula is C54H88NO8+. The van der Waals surface area contributed by atoms with Crippen LogP contribution < -0.4 is 0 Å². The highest BCUT2D eigenvalue weighted by atomic mass is 16.7. The quantitative estimate of drug-likeness (QED) is 0.0212. The average molecular weight is 879 g/mol. The van der Waals surface area contributed by atoms with Gasteiger partial charge in [-0.15, -0.1) is 0 Å². The van der Waals surface area contributed by atoms with Crippen molar-refractivity contribution >= 4 is 17.9 Å². The van der Waals surface area contributed by atoms with Crippen molar-refractivity contribution in [3.05, 3.63) is 109 Å². The molecule has 0 aromatic rings. The molecule has 0 saturated carbocycles. The van der Waals surface area contributed by atoms with Crippen LogP contribution in [0.3, 0.4) is 0 Å². The molecule has 0 aromatic carbocycles. The predicted molar refractivity (Wildman–Crippen MR) is 262 cm³/mol. The van der Waals surface area contributed by atoms with Crippen LogP contribution in [0.2, 0.25) is 0 Å². The molecule has 0 spiro atoms. The van der Waals surface area contributed by atoms with Crippen LogP contribution >= 0.6 is 0 Å². The van der Waals surface area contributed by atoms with Gasteiger partial charge in [0.1, 0.15) is 13.2 Å². The van der Waals surface area contributed by atoms with Crippen molar-refractivity contribution in [2.75, 3.05) is 47.5 Å². The number of quaternary nitrogens is 1. The number of hydrogen-bond acceptors (Lipinski definition) is 7. The summed E-state index contributed by atoms with van der Waals surface area (Å²) in [5.41, 5.74) is 0. The van der Waals surface area contributed by atoms with Crippen LogP contribution in [0.15, 0.2) is 109 Å². The van der Waals surface area contributed by atoms with Gasteiger partial charge in [-0.05, 0) is 83.5 Å². The maximum atomic E-state index is 12.7. The normalized spacial score (nSPS) is 13.9. The largest absolute Gasteiger partial charge is 0.477 e. The fraction of sp³-hybridized carbons (Fsp3) is 0.611. The number of nitrogens with zero attached hydrogens (tertiary/aromatic N) is 1. The van der Waals surface area contributed by atoms with Gasteiger partial charge in [0.05, 0.1) is 34.4 Å². The van der Waals surface area contributed by atoms with Crippen LogP contribution in [0, 0.1) is 0 Å². The van der Waals surface area contributed by atoms with Crippen molar-refractivity contribution < 1.29 is 42.9 Å². The number of carboxylic acid groups (broad SMARTS) is 1. The summed E-state index contributed by atoms with van der Waals surface area (Å²) in [5.74, 6) is -2.08. The number of hydrogen-bond donors (Lipinski definition) is 1. The predicted octanol–water partition coefficient (Wildman–Crippen LogP) is 13.2. The van der Waals surface area contributed by atoms with Gasteiger partial charge in [0.15, 0.2) is 6.10 Å². The Morgan fingerprint density at radius 3 is 1.35 bits per heavy atom. The average Bonchev–Trinajstić information content (AvgIpc) is 3.24. The molecule has 9 nitrogen and oxygen atoms in total. The molecule has 0 aromatic heterocycles. The number of likely N-dealkylation sites (N-methyl/N-ethyl adjacent to an activating group) is 1. The molecule has 0 amide bonds. The molecule has 0 aliphatic heterocycles. The minimum absolute atomic E-state index is 0.175. The third kappa shape index (κ3) is 45.8. The van der Waals surface area contributed by atoms with Gasteiger partial charge in [-0.25, -0.2) is 4.79 Å². The van der Waals surface area contributed by atoms with E-state index in [1.807, 2.05) is 21.1 Å². The molecule has 63 heavy (non-hydrogen) atoms. The number of carbonyl (C=O) groups is 3. The third-order valence-corrected chi connectivity index (χ3v) is 9.54. The molecule has 2 unspecified atom stereocenters. The molecule has 0 saturated heterocycles. The summed E-state index contributed by atoms with van der Waals surface area (Å²) in [5, 5.41) is 9.61. The van der Waals surface area contributed by atoms with Gasteiger partial charge in [-0.3, -0.25) is 9.59 Å². The maximum Gasteiger partial charge on any atom is 0.361 e. The molecule has 9 heteroatoms. The van der Waals surface area contributed by atoms with Gasteiger partial charge in [0.25, 0.3) is 6.29 Å². The molecule has 0 bridgehead atoms. The molecule has 356 valence electrons. The van der Waals surface area contributed by atoms with Crippen LogP contribution in [-0.2, 0) is 33.3 Å². The van der Waals surface area contributed by atoms with E-state index in [9.17, 15) is 19.5 Å². The summed E-state index contributed by atoms with van der Waals surface area (Å²) in [6.07, 6.45) is 57.6. The number of allylic oxidation sites excluding steroid dienone is 18. The lowest BCUT2D eigenvalue weighted by atomic mass is 10.1. The molecule has 2 atom stereocenters. The standard InChI is InChI=1S/C54H87NO8/c1-6-8-10-12-14-15-16-17-18-19-20-21-22-23-24-25-26-27-28-29-30-31-32-33-34-35-36-37-39-41-43-45-52(57)63-50(48-61-51(56)44-42-40-38-13-11-9-7-2)49-62-54(53(58)59)60-47-46-55(3,4)5/h8,10,14-15,17-18,20-21,23-24,26-27,29-30,32-33,35-36,50,54H,6-7,9,11-13,16,19,22,25,28,31,34,37-49H2,1-5H3/p+1/b10-8-,15-14-,18-17-,21-20-,24-23-,27-26-,30-29-,33-32-,36-35-. The van der Waals surface area contributed by atoms with E-state index in [1.54, 1.807) is 0 Å². The first-order valence-electron chi connectivity index (χ1n) is 24.1. The minimum Gasteiger partial charge on any atom is -0.477 e. The fourth-order valence-corrected chi connectivity index (χ4v) is 5.83. The Balaban J connectivity index is 4.31. The second-order valence-corrected chi connectivity index (χ2v) is 16.7. The smallest absolute Gasteiger partial charge is 0.361 e. The Hall–Kier alpha value is -4.05. The van der Waals surface area contributed by atoms with Gasteiger partial charge < -0.3 is 28.5 Å². The van der Waals surface area contributed by atoms with Gasteiger partial charge in [-0.2, -0.15) is 0 Å². The second kappa shape index (κ2) is 44.6. The molecule has 0 heterocycles. The topological polar surface area (TPSA) is 108 Å². The molecule has 1 N–H and O–H groups in total. The summed E-state index contributed by atoms with van der Waals surface area (Å²) in [7, 11) is 5.92. The molecule has 0 aliphatic carbocycles. The number of rotatable bonds is 42. The Labute approximate surface area is 384 Å². The van der Waals surface area contributed by atoms with E-state index in [0.717, 1.165) is 96.3 Å². The van der Waals surface area contributed by atoms with Crippen molar-refractivity contribution in [1.29, 1.82) is 0 Å². The van der Waals surface area contributed by atoms with Gasteiger partial charge >= 0.3 is 17.9 Å². The minimum atomic E-state index is -1.52. The van der Waals surface area contributed by atoms with E-state index in [1.165, 1.54) is 25.7 Å². The van der Waals surface area contributed by atoms with Crippen LogP contribution in [0.1, 0.15) is 155 Å². The number of carbonyl (C=O) groups excluding carboxylic acids is 2. The van der Waals surface area contributed by atoms with E-state index in [0.29, 0.717) is 17.4 Å². The van der Waals surface area contributed by atoms with E-state index in [4.69, 9.17) is 18.9 Å². The van der Waals surface area contributed by atoms with Crippen molar-refractivity contribution in [2.45, 2.75) is 167 Å². The van der Waals surface area contributed by atoms with E-state index >= 15 is 0 Å². The molecular weight excluding hydrogens is 791 g/mol. The lowest BCUT2D eigenvalue weighted by molar-refractivity contribution is -0.870. The first kappa shape index (κ1) is 58.9. The first-order valence-corrected chi connectivity index (χ1v) is 24.1. The number of esters is 2. The highest BCUT2D eigenvalue weighted by molar-refractivity contribution is 5.71. The summed E-state index contributed by atoms with van der Waals surface area (Å²) in [4.78, 5) is 36.9. The summed E-state index contributed by atoms with van der Waals surface area (Å²) in [6.45, 7) is 4.63. The van der Waals surface area contributed by atoms with Crippen molar-refractivity contribution in [1.82, 2.24) is 0 Å². The summed E-state index contributed by atoms with van der Waals surface area (Å²) >= 11 is 0. The van der Waals surface area contributed by atoms with Crippen LogP contribution in [0.5, 0.6) is 0 Å². The maximum absolute atomic E-state index is 12.7. The summed E-state index contributed by atoms with van der Waals surface area (Å²) < 4.78 is 22.6. The Morgan fingerprint density at radius 1 is 0.492 bits per heavy atom. The molecule has 0 radical (unpaired) electrons. The SMILES string of the molecule is CC/C=C\C/C=C\C/C=C\C/C=C\C/C=C\C/C=C\C/C=C\C/C=C\C/C=C\CCCCCC(=O)OC(COC(=O)CCCCCCCCC)COC(OCC[N+](C)(C)C)C(=O)O. The van der Waals surface area contributed by atoms with Crippen molar-refractivity contribution in [3.63, 3.8) is 0 Å². The zero-order chi connectivity index (χ0) is 46.3. The Morgan fingerprint density at radius 2 is 0.905 bits per heavy atom. The third-order valence-electron chi connectivity index (χ3n) is 9.54. The van der Waals surface area contributed by atoms with Gasteiger partial charge in [-0.1, -0.05) is 168 Å². The monoisotopic (exact) mass is 879 g/mol. The van der Waals surface area contributed by atoms with Crippen molar-refractivity contribution in [2.24, 2.45) is 0 Å². The zero-order valence-corrected chi connectivity index (χ0v) is 40.2. The van der Waals surface area contributed by atoms with Crippen LogP contribution in [0.25, 0.3) is 0 Å². The fourth-order valence-electron chi connectivity index (χ4n) is 5.83. The molecule has 0 rings (SSSR count). The number of ether oxygens (including phenoxy) is 4. The number of unbranched alkanes of at least 4 members (excludes halogenated alkanes) is 9. The second-order valence-electron chi connectivity index (χ2n) is 16.7. The Bertz CT molecular complexity index is 1390. The van der Waals surface area contributed by atoms with Crippen LogP contribution in [-0.4, -0.2) is 87.4 Å². The Kier molecular flexibility index (Phi) is 41.7. The lowest BCUT2D eigenvalue weighted by Crippen LogP contribution is -2.40. The number of aliphatic carboxylic acids is 1. The van der Waals surface area contributed by atoms with Crippen LogP contribution in [0.4, 0.5) is 0 Å². The zero-order valence-electron chi connectivity index (χ0n) is 40.2.